The highest BCUT2D eigenvalue weighted by Gasteiger charge is 2.58. The van der Waals surface area contributed by atoms with Crippen molar-refractivity contribution in [2.75, 3.05) is 13.2 Å². The van der Waals surface area contributed by atoms with Crippen molar-refractivity contribution in [2.45, 2.75) is 58.5 Å². The molecule has 1 aromatic rings. The first-order valence-electron chi connectivity index (χ1n) is 8.69. The third kappa shape index (κ3) is 3.25. The molecule has 0 aromatic heterocycles. The Labute approximate surface area is 139 Å². The number of fused-ring (bicyclic) bond motifs is 1. The Hall–Kier alpha value is -1.10. The van der Waals surface area contributed by atoms with Gasteiger partial charge in [0, 0.05) is 30.5 Å². The van der Waals surface area contributed by atoms with Crippen molar-refractivity contribution in [1.29, 1.82) is 0 Å². The van der Waals surface area contributed by atoms with Crippen LogP contribution in [-0.4, -0.2) is 36.5 Å². The highest BCUT2D eigenvalue weighted by atomic mass is 16.5. The molecule has 2 aliphatic rings. The van der Waals surface area contributed by atoms with E-state index in [2.05, 4.69) is 19.2 Å². The van der Waals surface area contributed by atoms with Gasteiger partial charge in [0.2, 0.25) is 0 Å². The van der Waals surface area contributed by atoms with Crippen LogP contribution in [-0.2, 0) is 4.74 Å². The highest BCUT2D eigenvalue weighted by Crippen LogP contribution is 2.52. The number of hydrogen-bond acceptors (Lipinski definition) is 4. The van der Waals surface area contributed by atoms with E-state index in [1.54, 1.807) is 0 Å². The van der Waals surface area contributed by atoms with Crippen molar-refractivity contribution in [3.8, 4) is 5.75 Å². The van der Waals surface area contributed by atoms with Crippen LogP contribution in [0, 0.1) is 11.3 Å². The molecule has 4 atom stereocenters. The fourth-order valence-electron chi connectivity index (χ4n) is 4.16. The zero-order valence-corrected chi connectivity index (χ0v) is 14.6. The second-order valence-corrected chi connectivity index (χ2v) is 7.71. The number of benzene rings is 1. The summed E-state index contributed by atoms with van der Waals surface area (Å²) in [7, 11) is 0. The van der Waals surface area contributed by atoms with Crippen LogP contribution in [0.25, 0.3) is 0 Å². The first-order valence-corrected chi connectivity index (χ1v) is 8.69. The lowest BCUT2D eigenvalue weighted by molar-refractivity contribution is -0.114. The lowest BCUT2D eigenvalue weighted by atomic mass is 9.57. The van der Waals surface area contributed by atoms with E-state index in [1.807, 2.05) is 38.1 Å². The number of hydrogen-bond donors (Lipinski definition) is 2. The molecule has 1 saturated carbocycles. The van der Waals surface area contributed by atoms with Gasteiger partial charge >= 0.3 is 0 Å². The second kappa shape index (κ2) is 6.42. The molecule has 2 N–H and O–H groups in total. The van der Waals surface area contributed by atoms with E-state index in [9.17, 15) is 5.11 Å². The number of nitrogens with one attached hydrogen (secondary N) is 1. The molecule has 1 aliphatic carbocycles. The monoisotopic (exact) mass is 319 g/mol. The lowest BCUT2D eigenvalue weighted by Gasteiger charge is -2.55. The third-order valence-electron chi connectivity index (χ3n) is 5.25. The summed E-state index contributed by atoms with van der Waals surface area (Å²) in [5.74, 6) is 1.40. The Balaban J connectivity index is 1.58. The van der Waals surface area contributed by atoms with Crippen LogP contribution in [0.3, 0.4) is 0 Å². The van der Waals surface area contributed by atoms with E-state index in [1.165, 1.54) is 0 Å². The molecule has 4 unspecified atom stereocenters. The quantitative estimate of drug-likeness (QED) is 0.846. The minimum atomic E-state index is -0.525. The molecule has 1 saturated heterocycles. The van der Waals surface area contributed by atoms with Crippen molar-refractivity contribution < 1.29 is 14.6 Å². The molecule has 128 valence electrons. The Morgan fingerprint density at radius 1 is 1.39 bits per heavy atom. The standard InChI is InChI=1S/C19H29NO3/c1-12(2)23-14-7-5-6-13(10-14)16(21)11-20-17-15-8-9-22-18(15)19(17,3)4/h5-7,10,12,15-18,20-21H,8-9,11H2,1-4H3. The summed E-state index contributed by atoms with van der Waals surface area (Å²) in [6.45, 7) is 9.94. The Morgan fingerprint density at radius 3 is 2.91 bits per heavy atom. The van der Waals surface area contributed by atoms with E-state index in [0.717, 1.165) is 24.3 Å². The van der Waals surface area contributed by atoms with Gasteiger partial charge in [-0.25, -0.2) is 0 Å². The first-order chi connectivity index (χ1) is 10.9. The predicted molar refractivity (Wildman–Crippen MR) is 90.6 cm³/mol. The van der Waals surface area contributed by atoms with Crippen LogP contribution in [0.2, 0.25) is 0 Å². The topological polar surface area (TPSA) is 50.7 Å². The fourth-order valence-corrected chi connectivity index (χ4v) is 4.16. The Kier molecular flexibility index (Phi) is 4.68. The maximum Gasteiger partial charge on any atom is 0.120 e. The van der Waals surface area contributed by atoms with Crippen molar-refractivity contribution in [1.82, 2.24) is 5.32 Å². The molecule has 3 rings (SSSR count). The summed E-state index contributed by atoms with van der Waals surface area (Å²) >= 11 is 0. The van der Waals surface area contributed by atoms with Crippen LogP contribution in [0.5, 0.6) is 5.75 Å². The fraction of sp³-hybridized carbons (Fsp3) is 0.684. The molecule has 1 aromatic carbocycles. The molecular formula is C19H29NO3. The largest absolute Gasteiger partial charge is 0.491 e. The van der Waals surface area contributed by atoms with Gasteiger partial charge in [-0.1, -0.05) is 26.0 Å². The summed E-state index contributed by atoms with van der Waals surface area (Å²) in [5, 5.41) is 14.1. The van der Waals surface area contributed by atoms with Crippen LogP contribution in [0.1, 0.15) is 45.8 Å². The van der Waals surface area contributed by atoms with E-state index in [-0.39, 0.29) is 11.5 Å². The average molecular weight is 319 g/mol. The molecule has 0 bridgehead atoms. The molecule has 0 amide bonds. The minimum absolute atomic E-state index is 0.135. The number of aliphatic hydroxyl groups excluding tert-OH is 1. The molecule has 2 fully saturated rings. The summed E-state index contributed by atoms with van der Waals surface area (Å²) in [4.78, 5) is 0. The molecule has 23 heavy (non-hydrogen) atoms. The molecule has 1 heterocycles. The maximum atomic E-state index is 10.5. The smallest absolute Gasteiger partial charge is 0.120 e. The molecule has 0 radical (unpaired) electrons. The van der Waals surface area contributed by atoms with Gasteiger partial charge in [-0.2, -0.15) is 0 Å². The van der Waals surface area contributed by atoms with Gasteiger partial charge in [0.15, 0.2) is 0 Å². The normalized spacial score (nSPS) is 29.9. The number of rotatable bonds is 6. The van der Waals surface area contributed by atoms with Crippen molar-refractivity contribution >= 4 is 0 Å². The van der Waals surface area contributed by atoms with Gasteiger partial charge < -0.3 is 19.9 Å². The second-order valence-electron chi connectivity index (χ2n) is 7.71. The van der Waals surface area contributed by atoms with Crippen LogP contribution < -0.4 is 10.1 Å². The van der Waals surface area contributed by atoms with Crippen molar-refractivity contribution in [2.24, 2.45) is 11.3 Å². The van der Waals surface area contributed by atoms with Gasteiger partial charge in [0.05, 0.1) is 18.3 Å². The lowest BCUT2D eigenvalue weighted by Crippen LogP contribution is -2.66. The van der Waals surface area contributed by atoms with Gasteiger partial charge in [-0.15, -0.1) is 0 Å². The zero-order chi connectivity index (χ0) is 16.6. The SMILES string of the molecule is CC(C)Oc1cccc(C(O)CNC2C3CCOC3C2(C)C)c1. The highest BCUT2D eigenvalue weighted by molar-refractivity contribution is 5.30. The maximum absolute atomic E-state index is 10.5. The predicted octanol–water partition coefficient (Wildman–Crippen LogP) is 2.91. The molecule has 4 nitrogen and oxygen atoms in total. The van der Waals surface area contributed by atoms with E-state index in [0.29, 0.717) is 24.6 Å². The summed E-state index contributed by atoms with van der Waals surface area (Å²) in [6.07, 6.45) is 1.11. The van der Waals surface area contributed by atoms with Gasteiger partial charge in [-0.3, -0.25) is 0 Å². The van der Waals surface area contributed by atoms with E-state index >= 15 is 0 Å². The van der Waals surface area contributed by atoms with Crippen molar-refractivity contribution in [3.63, 3.8) is 0 Å². The van der Waals surface area contributed by atoms with Crippen LogP contribution in [0.4, 0.5) is 0 Å². The van der Waals surface area contributed by atoms with Crippen LogP contribution in [0.15, 0.2) is 24.3 Å². The average Bonchev–Trinajstić information content (AvgIpc) is 2.93. The molecule has 1 aliphatic heterocycles. The van der Waals surface area contributed by atoms with Crippen molar-refractivity contribution in [3.05, 3.63) is 29.8 Å². The van der Waals surface area contributed by atoms with E-state index < -0.39 is 6.10 Å². The van der Waals surface area contributed by atoms with Gasteiger partial charge in [-0.05, 0) is 38.0 Å². The first kappa shape index (κ1) is 16.7. The molecule has 4 heteroatoms. The summed E-state index contributed by atoms with van der Waals surface area (Å²) in [5.41, 5.74) is 1.04. The minimum Gasteiger partial charge on any atom is -0.491 e. The van der Waals surface area contributed by atoms with Gasteiger partial charge in [0.25, 0.3) is 0 Å². The third-order valence-corrected chi connectivity index (χ3v) is 5.25. The van der Waals surface area contributed by atoms with E-state index in [4.69, 9.17) is 9.47 Å². The van der Waals surface area contributed by atoms with Gasteiger partial charge in [0.1, 0.15) is 5.75 Å². The molecule has 0 spiro atoms. The zero-order valence-electron chi connectivity index (χ0n) is 14.6. The number of ether oxygens (including phenoxy) is 2. The summed E-state index contributed by atoms with van der Waals surface area (Å²) < 4.78 is 11.5. The number of aliphatic hydroxyl groups is 1. The van der Waals surface area contributed by atoms with Crippen LogP contribution >= 0.6 is 0 Å². The summed E-state index contributed by atoms with van der Waals surface area (Å²) in [6, 6.07) is 8.16. The Morgan fingerprint density at radius 2 is 2.17 bits per heavy atom. The Bertz CT molecular complexity index is 543. The molecular weight excluding hydrogens is 290 g/mol.